The fourth-order valence-corrected chi connectivity index (χ4v) is 2.36. The van der Waals surface area contributed by atoms with Crippen LogP contribution in [0.4, 0.5) is 0 Å². The van der Waals surface area contributed by atoms with E-state index in [1.165, 1.54) is 36.0 Å². The molecule has 0 saturated heterocycles. The molecule has 3 heteroatoms. The van der Waals surface area contributed by atoms with E-state index >= 15 is 0 Å². The van der Waals surface area contributed by atoms with Crippen molar-refractivity contribution in [2.24, 2.45) is 5.73 Å². The predicted octanol–water partition coefficient (Wildman–Crippen LogP) is 1.09. The van der Waals surface area contributed by atoms with E-state index in [0.717, 1.165) is 6.54 Å². The van der Waals surface area contributed by atoms with Crippen LogP contribution in [0.25, 0.3) is 0 Å². The van der Waals surface area contributed by atoms with Crippen molar-refractivity contribution in [1.29, 1.82) is 0 Å². The van der Waals surface area contributed by atoms with Crippen molar-refractivity contribution in [1.82, 2.24) is 4.90 Å². The van der Waals surface area contributed by atoms with Gasteiger partial charge in [0.1, 0.15) is 0 Å². The fraction of sp³-hybridized carbons (Fsp3) is 0.462. The number of carbonyl (C=O) groups excluding carboxylic acids is 1. The summed E-state index contributed by atoms with van der Waals surface area (Å²) in [6.07, 6.45) is 3.69. The van der Waals surface area contributed by atoms with Crippen LogP contribution >= 0.6 is 0 Å². The van der Waals surface area contributed by atoms with Gasteiger partial charge in [-0.1, -0.05) is 18.2 Å². The topological polar surface area (TPSA) is 46.3 Å². The molecule has 0 aromatic heterocycles. The molecule has 0 unspecified atom stereocenters. The average Bonchev–Trinajstić information content (AvgIpc) is 2.63. The summed E-state index contributed by atoms with van der Waals surface area (Å²) in [4.78, 5) is 12.7. The van der Waals surface area contributed by atoms with Crippen LogP contribution in [0.5, 0.6) is 0 Å². The summed E-state index contributed by atoms with van der Waals surface area (Å²) < 4.78 is 0. The summed E-state index contributed by atoms with van der Waals surface area (Å²) in [6.45, 7) is 1.10. The zero-order chi connectivity index (χ0) is 11.5. The maximum absolute atomic E-state index is 10.8. The van der Waals surface area contributed by atoms with Gasteiger partial charge in [-0.05, 0) is 43.0 Å². The molecule has 3 nitrogen and oxygen atoms in total. The molecule has 0 fully saturated rings. The van der Waals surface area contributed by atoms with Crippen molar-refractivity contribution < 1.29 is 4.79 Å². The molecule has 0 saturated carbocycles. The molecule has 1 aliphatic rings. The second-order valence-electron chi connectivity index (χ2n) is 4.60. The Bertz CT molecular complexity index is 401. The number of benzene rings is 1. The lowest BCUT2D eigenvalue weighted by Crippen LogP contribution is -2.30. The Balaban J connectivity index is 2.02. The first-order valence-electron chi connectivity index (χ1n) is 5.72. The van der Waals surface area contributed by atoms with E-state index in [9.17, 15) is 4.79 Å². The van der Waals surface area contributed by atoms with Crippen molar-refractivity contribution in [3.8, 4) is 0 Å². The van der Waals surface area contributed by atoms with Crippen molar-refractivity contribution in [3.63, 3.8) is 0 Å². The van der Waals surface area contributed by atoms with Crippen molar-refractivity contribution in [2.45, 2.75) is 25.8 Å². The molecule has 0 aliphatic heterocycles. The highest BCUT2D eigenvalue weighted by Crippen LogP contribution is 2.23. The third kappa shape index (κ3) is 2.61. The maximum atomic E-state index is 10.8. The van der Waals surface area contributed by atoms with Crippen LogP contribution in [-0.2, 0) is 24.2 Å². The molecule has 0 radical (unpaired) electrons. The van der Waals surface area contributed by atoms with Gasteiger partial charge < -0.3 is 5.73 Å². The Labute approximate surface area is 96.2 Å². The monoisotopic (exact) mass is 218 g/mol. The minimum absolute atomic E-state index is 0.274. The van der Waals surface area contributed by atoms with Gasteiger partial charge in [-0.15, -0.1) is 0 Å². The van der Waals surface area contributed by atoms with Gasteiger partial charge in [-0.25, -0.2) is 0 Å². The highest BCUT2D eigenvalue weighted by Gasteiger charge is 2.11. The lowest BCUT2D eigenvalue weighted by Gasteiger charge is -2.15. The Hall–Kier alpha value is -1.35. The Morgan fingerprint density at radius 1 is 1.38 bits per heavy atom. The van der Waals surface area contributed by atoms with Crippen LogP contribution in [0.2, 0.25) is 0 Å². The first-order valence-corrected chi connectivity index (χ1v) is 5.72. The van der Waals surface area contributed by atoms with Gasteiger partial charge in [0.15, 0.2) is 0 Å². The van der Waals surface area contributed by atoms with E-state index in [0.29, 0.717) is 6.54 Å². The normalized spacial score (nSPS) is 14.1. The van der Waals surface area contributed by atoms with E-state index < -0.39 is 0 Å². The van der Waals surface area contributed by atoms with Crippen molar-refractivity contribution in [2.75, 3.05) is 13.6 Å². The molecule has 2 rings (SSSR count). The van der Waals surface area contributed by atoms with E-state index in [1.54, 1.807) is 0 Å². The summed E-state index contributed by atoms with van der Waals surface area (Å²) in [7, 11) is 1.91. The standard InChI is InChI=1S/C13H18N2O/c1-15(9-13(14)16)8-10-5-6-11-3-2-4-12(11)7-10/h5-7H,2-4,8-9H2,1H3,(H2,14,16). The maximum Gasteiger partial charge on any atom is 0.231 e. The summed E-state index contributed by atoms with van der Waals surface area (Å²) >= 11 is 0. The molecule has 0 heterocycles. The van der Waals surface area contributed by atoms with Gasteiger partial charge >= 0.3 is 0 Å². The van der Waals surface area contributed by atoms with Crippen LogP contribution in [0.3, 0.4) is 0 Å². The highest BCUT2D eigenvalue weighted by molar-refractivity contribution is 5.75. The van der Waals surface area contributed by atoms with Gasteiger partial charge in [0.05, 0.1) is 6.54 Å². The van der Waals surface area contributed by atoms with Crippen molar-refractivity contribution >= 4 is 5.91 Å². The van der Waals surface area contributed by atoms with E-state index in [2.05, 4.69) is 18.2 Å². The zero-order valence-corrected chi connectivity index (χ0v) is 9.70. The highest BCUT2D eigenvalue weighted by atomic mass is 16.1. The number of nitrogens with zero attached hydrogens (tertiary/aromatic N) is 1. The number of primary amides is 1. The first-order chi connectivity index (χ1) is 7.65. The van der Waals surface area contributed by atoms with E-state index in [-0.39, 0.29) is 5.91 Å². The third-order valence-corrected chi connectivity index (χ3v) is 3.04. The van der Waals surface area contributed by atoms with Crippen LogP contribution in [0.1, 0.15) is 23.1 Å². The number of rotatable bonds is 4. The van der Waals surface area contributed by atoms with Crippen LogP contribution in [0.15, 0.2) is 18.2 Å². The number of amides is 1. The molecule has 1 aliphatic carbocycles. The number of hydrogen-bond donors (Lipinski definition) is 1. The number of nitrogens with two attached hydrogens (primary N) is 1. The average molecular weight is 218 g/mol. The number of fused-ring (bicyclic) bond motifs is 1. The molecule has 1 aromatic carbocycles. The third-order valence-electron chi connectivity index (χ3n) is 3.04. The molecule has 0 bridgehead atoms. The van der Waals surface area contributed by atoms with E-state index in [4.69, 9.17) is 5.73 Å². The molecule has 1 aromatic rings. The molecule has 0 atom stereocenters. The Morgan fingerprint density at radius 3 is 2.88 bits per heavy atom. The molecule has 2 N–H and O–H groups in total. The number of aryl methyl sites for hydroxylation is 2. The van der Waals surface area contributed by atoms with Gasteiger partial charge in [-0.3, -0.25) is 9.69 Å². The lowest BCUT2D eigenvalue weighted by molar-refractivity contribution is -0.118. The first kappa shape index (κ1) is 11.1. The Kier molecular flexibility index (Phi) is 3.25. The SMILES string of the molecule is CN(CC(N)=O)Cc1ccc2c(c1)CCC2. The molecule has 16 heavy (non-hydrogen) atoms. The predicted molar refractivity (Wildman–Crippen MR) is 64.0 cm³/mol. The molecule has 1 amide bonds. The van der Waals surface area contributed by atoms with Gasteiger partial charge in [-0.2, -0.15) is 0 Å². The second kappa shape index (κ2) is 4.66. The lowest BCUT2D eigenvalue weighted by atomic mass is 10.1. The fourth-order valence-electron chi connectivity index (χ4n) is 2.36. The molecular weight excluding hydrogens is 200 g/mol. The molecular formula is C13H18N2O. The van der Waals surface area contributed by atoms with Crippen LogP contribution in [0, 0.1) is 0 Å². The molecule has 86 valence electrons. The van der Waals surface area contributed by atoms with Gasteiger partial charge in [0.2, 0.25) is 5.91 Å². The largest absolute Gasteiger partial charge is 0.369 e. The summed E-state index contributed by atoms with van der Waals surface area (Å²) in [5.74, 6) is -0.274. The molecule has 0 spiro atoms. The summed E-state index contributed by atoms with van der Waals surface area (Å²) in [5, 5.41) is 0. The second-order valence-corrected chi connectivity index (χ2v) is 4.60. The number of likely N-dealkylation sites (N-methyl/N-ethyl adjacent to an activating group) is 1. The minimum atomic E-state index is -0.274. The zero-order valence-electron chi connectivity index (χ0n) is 9.70. The minimum Gasteiger partial charge on any atom is -0.369 e. The summed E-state index contributed by atoms with van der Waals surface area (Å²) in [6, 6.07) is 6.64. The van der Waals surface area contributed by atoms with Crippen molar-refractivity contribution in [3.05, 3.63) is 34.9 Å². The number of hydrogen-bond acceptors (Lipinski definition) is 2. The summed E-state index contributed by atoms with van der Waals surface area (Å²) in [5.41, 5.74) is 9.39. The van der Waals surface area contributed by atoms with Gasteiger partial charge in [0, 0.05) is 6.54 Å². The Morgan fingerprint density at radius 2 is 2.12 bits per heavy atom. The van der Waals surface area contributed by atoms with Crippen LogP contribution < -0.4 is 5.73 Å². The number of carbonyl (C=O) groups is 1. The smallest absolute Gasteiger partial charge is 0.231 e. The van der Waals surface area contributed by atoms with Crippen LogP contribution in [-0.4, -0.2) is 24.4 Å². The quantitative estimate of drug-likeness (QED) is 0.822. The van der Waals surface area contributed by atoms with Gasteiger partial charge in [0.25, 0.3) is 0 Å². The van der Waals surface area contributed by atoms with E-state index in [1.807, 2.05) is 11.9 Å².